The van der Waals surface area contributed by atoms with Gasteiger partial charge in [-0.05, 0) is 20.3 Å². The van der Waals surface area contributed by atoms with Crippen LogP contribution in [-0.2, 0) is 19.5 Å². The number of imidazole rings is 1. The van der Waals surface area contributed by atoms with E-state index in [1.807, 2.05) is 11.5 Å². The zero-order valence-electron chi connectivity index (χ0n) is 18.1. The van der Waals surface area contributed by atoms with Crippen LogP contribution in [0.5, 0.6) is 5.88 Å². The van der Waals surface area contributed by atoms with Crippen LogP contribution in [-0.4, -0.2) is 50.4 Å². The summed E-state index contributed by atoms with van der Waals surface area (Å²) < 4.78 is 10.6. The first-order chi connectivity index (χ1) is 15.0. The first-order valence-electron chi connectivity index (χ1n) is 10.6. The Kier molecular flexibility index (Phi) is 4.84. The highest BCUT2D eigenvalue weighted by Gasteiger charge is 2.27. The summed E-state index contributed by atoms with van der Waals surface area (Å²) in [4.78, 5) is 22.3. The molecule has 0 aromatic carbocycles. The molecule has 0 saturated carbocycles. The van der Waals surface area contributed by atoms with E-state index in [1.54, 1.807) is 12.4 Å². The van der Waals surface area contributed by atoms with Gasteiger partial charge in [0.15, 0.2) is 11.2 Å². The zero-order valence-corrected chi connectivity index (χ0v) is 18.1. The first kappa shape index (κ1) is 19.5. The van der Waals surface area contributed by atoms with E-state index in [9.17, 15) is 0 Å². The Labute approximate surface area is 179 Å². The number of aryl methyl sites for hydroxylation is 3. The Morgan fingerprint density at radius 2 is 1.94 bits per heavy atom. The minimum absolute atomic E-state index is 0.0305. The van der Waals surface area contributed by atoms with Crippen molar-refractivity contribution in [2.75, 3.05) is 0 Å². The average molecular weight is 419 g/mol. The Hall–Kier alpha value is -3.43. The number of rotatable bonds is 5. The second kappa shape index (κ2) is 7.68. The molecule has 160 valence electrons. The maximum Gasteiger partial charge on any atom is 0.245 e. The Balaban J connectivity index is 1.49. The molecule has 31 heavy (non-hydrogen) atoms. The number of aromatic nitrogens is 9. The molecule has 0 N–H and O–H groups in total. The molecule has 10 heteroatoms. The second-order valence-electron chi connectivity index (χ2n) is 8.07. The number of nitrogens with zero attached hydrogens (tertiary/aromatic N) is 9. The van der Waals surface area contributed by atoms with Gasteiger partial charge in [-0.3, -0.25) is 0 Å². The minimum atomic E-state index is -0.0305. The molecule has 0 unspecified atom stereocenters. The lowest BCUT2D eigenvalue weighted by molar-refractivity contribution is 0.149. The molecule has 0 saturated heterocycles. The maximum atomic E-state index is 6.36. The van der Waals surface area contributed by atoms with Gasteiger partial charge in [-0.25, -0.2) is 19.9 Å². The summed E-state index contributed by atoms with van der Waals surface area (Å²) in [6.45, 7) is 9.59. The molecule has 1 atom stereocenters. The van der Waals surface area contributed by atoms with Crippen LogP contribution in [0.3, 0.4) is 0 Å². The van der Waals surface area contributed by atoms with E-state index in [1.165, 1.54) is 6.33 Å². The normalized spacial score (nSPS) is 16.1. The van der Waals surface area contributed by atoms with Gasteiger partial charge in [-0.15, -0.1) is 10.2 Å². The smallest absolute Gasteiger partial charge is 0.245 e. The van der Waals surface area contributed by atoms with Crippen LogP contribution in [0.25, 0.3) is 22.6 Å². The van der Waals surface area contributed by atoms with Crippen LogP contribution in [0.4, 0.5) is 0 Å². The van der Waals surface area contributed by atoms with Crippen molar-refractivity contribution in [2.24, 2.45) is 0 Å². The highest BCUT2D eigenvalue weighted by Crippen LogP contribution is 2.29. The molecule has 0 fully saturated rings. The third kappa shape index (κ3) is 3.41. The van der Waals surface area contributed by atoms with E-state index in [0.717, 1.165) is 47.3 Å². The van der Waals surface area contributed by atoms with E-state index in [0.29, 0.717) is 30.4 Å². The van der Waals surface area contributed by atoms with Gasteiger partial charge in [0.25, 0.3) is 0 Å². The number of hydrogen-bond acceptors (Lipinski definition) is 8. The molecule has 0 radical (unpaired) electrons. The van der Waals surface area contributed by atoms with Gasteiger partial charge in [0.1, 0.15) is 35.7 Å². The predicted molar refractivity (Wildman–Crippen MR) is 114 cm³/mol. The van der Waals surface area contributed by atoms with Crippen LogP contribution in [0.15, 0.2) is 18.7 Å². The van der Waals surface area contributed by atoms with Gasteiger partial charge < -0.3 is 13.9 Å². The lowest BCUT2D eigenvalue weighted by Crippen LogP contribution is -2.31. The first-order valence-corrected chi connectivity index (χ1v) is 10.6. The fraction of sp³-hybridized carbons (Fsp3) is 0.476. The molecule has 0 spiro atoms. The van der Waals surface area contributed by atoms with Crippen molar-refractivity contribution in [3.8, 4) is 17.3 Å². The molecule has 5 rings (SSSR count). The van der Waals surface area contributed by atoms with Crippen molar-refractivity contribution < 1.29 is 4.74 Å². The van der Waals surface area contributed by atoms with Gasteiger partial charge in [0.2, 0.25) is 5.88 Å². The van der Waals surface area contributed by atoms with Gasteiger partial charge >= 0.3 is 0 Å². The third-order valence-electron chi connectivity index (χ3n) is 5.58. The summed E-state index contributed by atoms with van der Waals surface area (Å²) in [5.41, 5.74) is 2.23. The van der Waals surface area contributed by atoms with Crippen molar-refractivity contribution in [3.05, 3.63) is 36.2 Å². The van der Waals surface area contributed by atoms with Crippen molar-refractivity contribution in [2.45, 2.75) is 65.6 Å². The molecule has 1 aliphatic heterocycles. The fourth-order valence-electron chi connectivity index (χ4n) is 4.03. The SMILES string of the molecule is CCn1c(-c2cnc(C)nc2)nc2c(O[C@H]3CCc4nnc(C(C)C)n4C3)ncnc21. The third-order valence-corrected chi connectivity index (χ3v) is 5.58. The number of ether oxygens (including phenoxy) is 1. The molecule has 0 aliphatic carbocycles. The summed E-state index contributed by atoms with van der Waals surface area (Å²) in [6.07, 6.45) is 6.76. The lowest BCUT2D eigenvalue weighted by Gasteiger charge is -2.25. The molecular weight excluding hydrogens is 394 g/mol. The summed E-state index contributed by atoms with van der Waals surface area (Å²) in [7, 11) is 0. The monoisotopic (exact) mass is 419 g/mol. The van der Waals surface area contributed by atoms with Crippen molar-refractivity contribution in [1.82, 2.24) is 44.3 Å². The van der Waals surface area contributed by atoms with E-state index < -0.39 is 0 Å². The Morgan fingerprint density at radius 1 is 1.13 bits per heavy atom. The Bertz CT molecular complexity index is 1230. The van der Waals surface area contributed by atoms with E-state index in [-0.39, 0.29) is 6.10 Å². The summed E-state index contributed by atoms with van der Waals surface area (Å²) in [5, 5.41) is 8.70. The number of fused-ring (bicyclic) bond motifs is 2. The number of hydrogen-bond donors (Lipinski definition) is 0. The van der Waals surface area contributed by atoms with Crippen LogP contribution >= 0.6 is 0 Å². The second-order valence-corrected chi connectivity index (χ2v) is 8.07. The quantitative estimate of drug-likeness (QED) is 0.486. The van der Waals surface area contributed by atoms with Gasteiger partial charge in [0, 0.05) is 31.3 Å². The van der Waals surface area contributed by atoms with E-state index in [2.05, 4.69) is 55.5 Å². The molecule has 4 aromatic rings. The van der Waals surface area contributed by atoms with Gasteiger partial charge in [-0.2, -0.15) is 4.98 Å². The largest absolute Gasteiger partial charge is 0.471 e. The molecule has 4 aromatic heterocycles. The topological polar surface area (TPSA) is 109 Å². The van der Waals surface area contributed by atoms with E-state index in [4.69, 9.17) is 9.72 Å². The molecule has 5 heterocycles. The fourth-order valence-corrected chi connectivity index (χ4v) is 4.03. The molecule has 0 bridgehead atoms. The highest BCUT2D eigenvalue weighted by molar-refractivity contribution is 5.81. The van der Waals surface area contributed by atoms with Crippen LogP contribution in [0.1, 0.15) is 50.6 Å². The van der Waals surface area contributed by atoms with Crippen LogP contribution in [0, 0.1) is 6.92 Å². The van der Waals surface area contributed by atoms with Gasteiger partial charge in [-0.1, -0.05) is 13.8 Å². The predicted octanol–water partition coefficient (Wildman–Crippen LogP) is 2.72. The summed E-state index contributed by atoms with van der Waals surface area (Å²) in [5.74, 6) is 4.30. The maximum absolute atomic E-state index is 6.36. The van der Waals surface area contributed by atoms with Gasteiger partial charge in [0.05, 0.1) is 12.1 Å². The summed E-state index contributed by atoms with van der Waals surface area (Å²) >= 11 is 0. The molecular formula is C21H25N9O. The lowest BCUT2D eigenvalue weighted by atomic mass is 10.1. The molecule has 10 nitrogen and oxygen atoms in total. The highest BCUT2D eigenvalue weighted by atomic mass is 16.5. The molecule has 0 amide bonds. The van der Waals surface area contributed by atoms with Crippen LogP contribution < -0.4 is 4.74 Å². The Morgan fingerprint density at radius 3 is 2.68 bits per heavy atom. The summed E-state index contributed by atoms with van der Waals surface area (Å²) in [6, 6.07) is 0. The van der Waals surface area contributed by atoms with Crippen molar-refractivity contribution in [1.29, 1.82) is 0 Å². The van der Waals surface area contributed by atoms with Crippen molar-refractivity contribution >= 4 is 11.2 Å². The zero-order chi connectivity index (χ0) is 21.5. The van der Waals surface area contributed by atoms with Crippen LogP contribution in [0.2, 0.25) is 0 Å². The minimum Gasteiger partial charge on any atom is -0.471 e. The van der Waals surface area contributed by atoms with Crippen molar-refractivity contribution in [3.63, 3.8) is 0 Å². The van der Waals surface area contributed by atoms with E-state index >= 15 is 0 Å². The average Bonchev–Trinajstić information content (AvgIpc) is 3.36. The molecule has 1 aliphatic rings. The standard InChI is InChI=1S/C21H25N9O/c1-5-29-19(14-8-22-13(4)23-9-14)26-17-20(29)24-11-25-21(17)31-15-6-7-16-27-28-18(12(2)3)30(16)10-15/h8-9,11-12,15H,5-7,10H2,1-4H3/t15-/m0/s1.